The third-order valence-electron chi connectivity index (χ3n) is 2.15. The largest absolute Gasteiger partial charge is 0.595 e. The lowest BCUT2D eigenvalue weighted by atomic mass is 10.2. The summed E-state index contributed by atoms with van der Waals surface area (Å²) in [6.45, 7) is 0. The van der Waals surface area contributed by atoms with Crippen molar-refractivity contribution in [1.82, 2.24) is 4.98 Å². The topological polar surface area (TPSA) is 60.6 Å². The van der Waals surface area contributed by atoms with Crippen molar-refractivity contribution in [3.63, 3.8) is 0 Å². The summed E-state index contributed by atoms with van der Waals surface area (Å²) in [6, 6.07) is 12.1. The van der Waals surface area contributed by atoms with Crippen LogP contribution in [-0.2, 0) is 0 Å². The van der Waals surface area contributed by atoms with Crippen LogP contribution < -0.4 is 5.23 Å². The van der Waals surface area contributed by atoms with E-state index >= 15 is 0 Å². The fourth-order valence-corrected chi connectivity index (χ4v) is 1.35. The van der Waals surface area contributed by atoms with E-state index in [9.17, 15) is 5.21 Å². The number of nitrogens with one attached hydrogen (secondary N) is 1. The number of para-hydroxylation sites is 1. The Morgan fingerprint density at radius 2 is 1.82 bits per heavy atom. The van der Waals surface area contributed by atoms with Gasteiger partial charge in [-0.25, -0.2) is 10.2 Å². The highest BCUT2D eigenvalue weighted by atomic mass is 16.8. The number of hydrogen-bond donors (Lipinski definition) is 2. The van der Waals surface area contributed by atoms with E-state index in [1.807, 2.05) is 6.07 Å². The summed E-state index contributed by atoms with van der Waals surface area (Å²) in [5, 5.41) is 19.0. The first-order chi connectivity index (χ1) is 8.27. The lowest BCUT2D eigenvalue weighted by Gasteiger charge is -2.12. The molecular weight excluding hydrogens is 216 g/mol. The minimum absolute atomic E-state index is 0.205. The summed E-state index contributed by atoms with van der Waals surface area (Å²) in [5.74, 6) is 5.65. The fraction of sp³-hybridized carbons (Fsp3) is 0. The van der Waals surface area contributed by atoms with Gasteiger partial charge < -0.3 is 5.21 Å². The van der Waals surface area contributed by atoms with E-state index in [0.717, 1.165) is 0 Å². The van der Waals surface area contributed by atoms with Gasteiger partial charge in [0.25, 0.3) is 0 Å². The molecule has 0 bridgehead atoms. The van der Waals surface area contributed by atoms with Crippen LogP contribution in [0.25, 0.3) is 0 Å². The van der Waals surface area contributed by atoms with Crippen LogP contribution in [0.5, 0.6) is 0 Å². The first kappa shape index (κ1) is 11.3. The van der Waals surface area contributed by atoms with Crippen molar-refractivity contribution in [2.75, 3.05) is 0 Å². The lowest BCUT2D eigenvalue weighted by molar-refractivity contribution is -0.991. The van der Waals surface area contributed by atoms with E-state index in [2.05, 4.69) is 16.8 Å². The quantitative estimate of drug-likeness (QED) is 0.560. The van der Waals surface area contributed by atoms with Crippen molar-refractivity contribution in [2.24, 2.45) is 0 Å². The molecule has 4 heteroatoms. The molecule has 1 aromatic heterocycles. The average molecular weight is 226 g/mol. The summed E-state index contributed by atoms with van der Waals surface area (Å²) in [5.41, 5.74) is 1.31. The molecule has 0 saturated carbocycles. The minimum Gasteiger partial charge on any atom is -0.595 e. The summed E-state index contributed by atoms with van der Waals surface area (Å²) >= 11 is 0. The Kier molecular flexibility index (Phi) is 3.48. The summed E-state index contributed by atoms with van der Waals surface area (Å²) in [7, 11) is 0. The van der Waals surface area contributed by atoms with Crippen LogP contribution in [0.4, 0.5) is 5.69 Å². The third kappa shape index (κ3) is 2.89. The van der Waals surface area contributed by atoms with E-state index in [4.69, 9.17) is 5.21 Å². The molecule has 84 valence electrons. The molecule has 0 radical (unpaired) electrons. The van der Waals surface area contributed by atoms with Gasteiger partial charge in [-0.1, -0.05) is 24.1 Å². The molecule has 4 nitrogen and oxygen atoms in total. The zero-order valence-electron chi connectivity index (χ0n) is 8.92. The van der Waals surface area contributed by atoms with Gasteiger partial charge in [-0.15, -0.1) is 0 Å². The van der Waals surface area contributed by atoms with Crippen molar-refractivity contribution in [2.45, 2.75) is 0 Å². The molecule has 2 rings (SSSR count). The van der Waals surface area contributed by atoms with Crippen LogP contribution in [-0.4, -0.2) is 10.2 Å². The molecule has 0 saturated heterocycles. The highest BCUT2D eigenvalue weighted by molar-refractivity contribution is 5.52. The van der Waals surface area contributed by atoms with Crippen molar-refractivity contribution in [3.05, 3.63) is 65.1 Å². The smallest absolute Gasteiger partial charge is 0.179 e. The number of benzene rings is 1. The monoisotopic (exact) mass is 226 g/mol. The molecule has 17 heavy (non-hydrogen) atoms. The highest BCUT2D eigenvalue weighted by Gasteiger charge is 2.04. The van der Waals surface area contributed by atoms with E-state index in [1.165, 1.54) is 6.07 Å². The second kappa shape index (κ2) is 5.23. The first-order valence-electron chi connectivity index (χ1n) is 5.03. The Hall–Kier alpha value is -2.19. The molecule has 2 aromatic rings. The molecule has 1 unspecified atom stereocenters. The highest BCUT2D eigenvalue weighted by Crippen LogP contribution is 2.08. The van der Waals surface area contributed by atoms with Gasteiger partial charge in [-0.05, 0) is 24.1 Å². The molecule has 0 aliphatic heterocycles. The van der Waals surface area contributed by atoms with Crippen LogP contribution in [0.3, 0.4) is 0 Å². The van der Waals surface area contributed by atoms with Crippen molar-refractivity contribution in [3.8, 4) is 11.8 Å². The summed E-state index contributed by atoms with van der Waals surface area (Å²) in [6.07, 6.45) is 1.65. The zero-order chi connectivity index (χ0) is 12.1. The Balaban J connectivity index is 2.34. The van der Waals surface area contributed by atoms with Crippen LogP contribution in [0.1, 0.15) is 11.3 Å². The Morgan fingerprint density at radius 1 is 1.06 bits per heavy atom. The molecule has 1 atom stereocenters. The normalized spacial score (nSPS) is 11.4. The molecule has 0 aliphatic rings. The SMILES string of the molecule is [O-][NH+](O)c1ccccc1C#Cc1ccccn1. The van der Waals surface area contributed by atoms with Crippen molar-refractivity contribution >= 4 is 5.69 Å². The maximum Gasteiger partial charge on any atom is 0.179 e. The Labute approximate surface area is 98.7 Å². The molecule has 0 spiro atoms. The van der Waals surface area contributed by atoms with Crippen LogP contribution in [0.15, 0.2) is 48.7 Å². The van der Waals surface area contributed by atoms with E-state index in [0.29, 0.717) is 11.3 Å². The van der Waals surface area contributed by atoms with Gasteiger partial charge in [0.2, 0.25) is 0 Å². The minimum atomic E-state index is -0.976. The van der Waals surface area contributed by atoms with Gasteiger partial charge >= 0.3 is 0 Å². The first-order valence-corrected chi connectivity index (χ1v) is 5.03. The Bertz CT molecular complexity index is 556. The average Bonchev–Trinajstić information content (AvgIpc) is 2.38. The molecule has 1 heterocycles. The summed E-state index contributed by atoms with van der Waals surface area (Å²) in [4.78, 5) is 4.05. The van der Waals surface area contributed by atoms with Gasteiger partial charge in [0.1, 0.15) is 5.69 Å². The van der Waals surface area contributed by atoms with Crippen LogP contribution in [0, 0.1) is 17.0 Å². The van der Waals surface area contributed by atoms with Crippen LogP contribution in [0.2, 0.25) is 0 Å². The van der Waals surface area contributed by atoms with E-state index in [1.54, 1.807) is 36.5 Å². The molecule has 2 N–H and O–H groups in total. The van der Waals surface area contributed by atoms with Gasteiger partial charge in [-0.2, -0.15) is 5.23 Å². The molecular formula is C13H10N2O2. The maximum absolute atomic E-state index is 10.9. The lowest BCUT2D eigenvalue weighted by Crippen LogP contribution is -2.99. The molecule has 0 aliphatic carbocycles. The molecule has 1 aromatic carbocycles. The number of rotatable bonds is 1. The number of nitrogens with zero attached hydrogens (tertiary/aromatic N) is 1. The standard InChI is InChI=1S/C13H10N2O2/c16-15(17)13-7-2-1-5-11(13)8-9-12-6-3-4-10-14-12/h1-7,10,15-16H. The molecule has 0 amide bonds. The number of pyridine rings is 1. The second-order valence-electron chi connectivity index (χ2n) is 3.32. The predicted octanol–water partition coefficient (Wildman–Crippen LogP) is 0.885. The number of hydrogen-bond acceptors (Lipinski definition) is 3. The molecule has 0 fully saturated rings. The van der Waals surface area contributed by atoms with Crippen molar-refractivity contribution < 1.29 is 10.4 Å². The van der Waals surface area contributed by atoms with E-state index < -0.39 is 5.23 Å². The van der Waals surface area contributed by atoms with Gasteiger partial charge in [0.05, 0.1) is 5.56 Å². The van der Waals surface area contributed by atoms with Gasteiger partial charge in [0.15, 0.2) is 5.69 Å². The maximum atomic E-state index is 10.9. The third-order valence-corrected chi connectivity index (χ3v) is 2.15. The zero-order valence-corrected chi connectivity index (χ0v) is 8.92. The Morgan fingerprint density at radius 3 is 2.53 bits per heavy atom. The van der Waals surface area contributed by atoms with Gasteiger partial charge in [0, 0.05) is 12.3 Å². The van der Waals surface area contributed by atoms with Gasteiger partial charge in [-0.3, -0.25) is 0 Å². The number of aromatic nitrogens is 1. The fourth-order valence-electron chi connectivity index (χ4n) is 1.35. The van der Waals surface area contributed by atoms with E-state index in [-0.39, 0.29) is 5.69 Å². The van der Waals surface area contributed by atoms with Crippen LogP contribution >= 0.6 is 0 Å². The predicted molar refractivity (Wildman–Crippen MR) is 62.4 cm³/mol. The summed E-state index contributed by atoms with van der Waals surface area (Å²) < 4.78 is 0. The van der Waals surface area contributed by atoms with Crippen molar-refractivity contribution in [1.29, 1.82) is 0 Å². The number of quaternary nitrogens is 1. The second-order valence-corrected chi connectivity index (χ2v) is 3.32.